The van der Waals surface area contributed by atoms with E-state index in [0.29, 0.717) is 6.42 Å². The summed E-state index contributed by atoms with van der Waals surface area (Å²) >= 11 is 0. The zero-order valence-corrected chi connectivity index (χ0v) is 14.6. The van der Waals surface area contributed by atoms with Crippen molar-refractivity contribution in [3.8, 4) is 0 Å². The highest BCUT2D eigenvalue weighted by Crippen LogP contribution is 2.07. The average molecular weight is 331 g/mol. The number of rotatable bonds is 11. The number of unbranched alkanes of at least 4 members (excludes halogenated alkanes) is 6. The Bertz CT molecular complexity index is 511. The van der Waals surface area contributed by atoms with Gasteiger partial charge in [-0.3, -0.25) is 0 Å². The van der Waals surface area contributed by atoms with Crippen LogP contribution in [0.25, 0.3) is 0 Å². The first kappa shape index (κ1) is 20.1. The monoisotopic (exact) mass is 331 g/mol. The number of esters is 2. The lowest BCUT2D eigenvalue weighted by Gasteiger charge is -2.09. The summed E-state index contributed by atoms with van der Waals surface area (Å²) in [6, 6.07) is 8.59. The summed E-state index contributed by atoms with van der Waals surface area (Å²) in [5, 5.41) is 0. The second-order valence-corrected chi connectivity index (χ2v) is 6.00. The highest BCUT2D eigenvalue weighted by molar-refractivity contribution is 5.93. The Hall–Kier alpha value is -1.94. The Morgan fingerprint density at radius 1 is 1.08 bits per heavy atom. The molecule has 4 nitrogen and oxygen atoms in total. The van der Waals surface area contributed by atoms with Crippen LogP contribution in [0.15, 0.2) is 42.5 Å². The summed E-state index contributed by atoms with van der Waals surface area (Å²) < 4.78 is 4.75. The van der Waals surface area contributed by atoms with E-state index in [1.807, 2.05) is 30.3 Å². The predicted octanol–water partition coefficient (Wildman–Crippen LogP) is 3.93. The molecule has 0 bridgehead atoms. The quantitative estimate of drug-likeness (QED) is 0.289. The standard InChI is InChI=1S/C20H29NO3/c1-2-3-4-5-6-7-8-12-15-19(22)24-20(23)18(21)16-17-13-10-9-11-14-17/h9-15,18H,2-8,16,21H2,1H3/t18-/m0/s1. The molecule has 0 radical (unpaired) electrons. The Morgan fingerprint density at radius 2 is 1.75 bits per heavy atom. The lowest BCUT2D eigenvalue weighted by atomic mass is 10.1. The Balaban J connectivity index is 2.19. The molecule has 0 heterocycles. The highest BCUT2D eigenvalue weighted by atomic mass is 16.6. The van der Waals surface area contributed by atoms with Crippen molar-refractivity contribution in [2.75, 3.05) is 0 Å². The van der Waals surface area contributed by atoms with E-state index in [0.717, 1.165) is 18.4 Å². The molecule has 2 N–H and O–H groups in total. The van der Waals surface area contributed by atoms with Crippen LogP contribution < -0.4 is 5.73 Å². The maximum Gasteiger partial charge on any atom is 0.338 e. The SMILES string of the molecule is CCCCCCCCC=CC(=O)OC(=O)[C@@H](N)Cc1ccccc1. The van der Waals surface area contributed by atoms with Gasteiger partial charge in [0.15, 0.2) is 0 Å². The third-order valence-corrected chi connectivity index (χ3v) is 3.78. The molecule has 0 saturated carbocycles. The molecule has 0 aromatic heterocycles. The van der Waals surface area contributed by atoms with Gasteiger partial charge in [0.05, 0.1) is 0 Å². The maximum absolute atomic E-state index is 11.8. The van der Waals surface area contributed by atoms with Gasteiger partial charge in [-0.15, -0.1) is 0 Å². The molecule has 0 aliphatic rings. The summed E-state index contributed by atoms with van der Waals surface area (Å²) in [6.07, 6.45) is 11.5. The fourth-order valence-electron chi connectivity index (χ4n) is 2.38. The van der Waals surface area contributed by atoms with E-state index < -0.39 is 18.0 Å². The van der Waals surface area contributed by atoms with Gasteiger partial charge in [0, 0.05) is 6.08 Å². The van der Waals surface area contributed by atoms with Crippen molar-refractivity contribution < 1.29 is 14.3 Å². The van der Waals surface area contributed by atoms with Crippen molar-refractivity contribution in [2.45, 2.75) is 64.3 Å². The van der Waals surface area contributed by atoms with Gasteiger partial charge in [-0.25, -0.2) is 9.59 Å². The first-order valence-corrected chi connectivity index (χ1v) is 8.85. The molecule has 132 valence electrons. The zero-order valence-electron chi connectivity index (χ0n) is 14.6. The molecule has 0 saturated heterocycles. The molecular formula is C20H29NO3. The molecular weight excluding hydrogens is 302 g/mol. The van der Waals surface area contributed by atoms with Crippen LogP contribution in [0.5, 0.6) is 0 Å². The lowest BCUT2D eigenvalue weighted by Crippen LogP contribution is -2.35. The molecule has 4 heteroatoms. The van der Waals surface area contributed by atoms with Gasteiger partial charge in [0.1, 0.15) is 6.04 Å². The number of carbonyl (C=O) groups excluding carboxylic acids is 2. The smallest absolute Gasteiger partial charge is 0.338 e. The van der Waals surface area contributed by atoms with E-state index in [4.69, 9.17) is 10.5 Å². The second-order valence-electron chi connectivity index (χ2n) is 6.00. The fraction of sp³-hybridized carbons (Fsp3) is 0.500. The van der Waals surface area contributed by atoms with Crippen molar-refractivity contribution in [1.82, 2.24) is 0 Å². The van der Waals surface area contributed by atoms with Crippen LogP contribution in [-0.2, 0) is 20.7 Å². The third-order valence-electron chi connectivity index (χ3n) is 3.78. The summed E-state index contributed by atoms with van der Waals surface area (Å²) in [6.45, 7) is 2.20. The van der Waals surface area contributed by atoms with Crippen LogP contribution in [0.2, 0.25) is 0 Å². The number of hydrogen-bond acceptors (Lipinski definition) is 4. The van der Waals surface area contributed by atoms with E-state index in [9.17, 15) is 9.59 Å². The molecule has 0 aliphatic heterocycles. The topological polar surface area (TPSA) is 69.4 Å². The van der Waals surface area contributed by atoms with Crippen LogP contribution in [0.4, 0.5) is 0 Å². The molecule has 0 unspecified atom stereocenters. The minimum Gasteiger partial charge on any atom is -0.389 e. The van der Waals surface area contributed by atoms with Crippen LogP contribution in [0.3, 0.4) is 0 Å². The number of nitrogens with two attached hydrogens (primary N) is 1. The van der Waals surface area contributed by atoms with Crippen molar-refractivity contribution in [3.05, 3.63) is 48.0 Å². The lowest BCUT2D eigenvalue weighted by molar-refractivity contribution is -0.157. The first-order valence-electron chi connectivity index (χ1n) is 8.85. The molecule has 0 aliphatic carbocycles. The van der Waals surface area contributed by atoms with Crippen LogP contribution in [0.1, 0.15) is 57.4 Å². The number of carbonyl (C=O) groups is 2. The van der Waals surface area contributed by atoms with Gasteiger partial charge >= 0.3 is 11.9 Å². The Labute approximate surface area is 145 Å². The van der Waals surface area contributed by atoms with E-state index >= 15 is 0 Å². The van der Waals surface area contributed by atoms with Gasteiger partial charge < -0.3 is 10.5 Å². The van der Waals surface area contributed by atoms with Crippen molar-refractivity contribution in [1.29, 1.82) is 0 Å². The van der Waals surface area contributed by atoms with Crippen LogP contribution in [-0.4, -0.2) is 18.0 Å². The predicted molar refractivity (Wildman–Crippen MR) is 96.4 cm³/mol. The van der Waals surface area contributed by atoms with Gasteiger partial charge in [-0.05, 0) is 24.8 Å². The molecule has 0 amide bonds. The number of ether oxygens (including phenoxy) is 1. The molecule has 1 aromatic rings. The first-order chi connectivity index (χ1) is 11.6. The van der Waals surface area contributed by atoms with Gasteiger partial charge in [-0.2, -0.15) is 0 Å². The van der Waals surface area contributed by atoms with E-state index in [-0.39, 0.29) is 0 Å². The van der Waals surface area contributed by atoms with Crippen molar-refractivity contribution >= 4 is 11.9 Å². The normalized spacial score (nSPS) is 12.2. The van der Waals surface area contributed by atoms with Crippen LogP contribution in [0, 0.1) is 0 Å². The molecule has 24 heavy (non-hydrogen) atoms. The minimum atomic E-state index is -0.830. The van der Waals surface area contributed by atoms with Crippen LogP contribution >= 0.6 is 0 Å². The third kappa shape index (κ3) is 9.26. The van der Waals surface area contributed by atoms with E-state index in [2.05, 4.69) is 6.92 Å². The summed E-state index contributed by atoms with van der Waals surface area (Å²) in [5.74, 6) is -1.33. The molecule has 0 fully saturated rings. The summed E-state index contributed by atoms with van der Waals surface area (Å²) in [5.41, 5.74) is 6.72. The zero-order chi connectivity index (χ0) is 17.6. The van der Waals surface area contributed by atoms with Crippen molar-refractivity contribution in [3.63, 3.8) is 0 Å². The van der Waals surface area contributed by atoms with Gasteiger partial charge in [0.25, 0.3) is 0 Å². The maximum atomic E-state index is 11.8. The van der Waals surface area contributed by atoms with Gasteiger partial charge in [0.2, 0.25) is 0 Å². The highest BCUT2D eigenvalue weighted by Gasteiger charge is 2.17. The van der Waals surface area contributed by atoms with E-state index in [1.54, 1.807) is 6.08 Å². The van der Waals surface area contributed by atoms with Gasteiger partial charge in [-0.1, -0.05) is 75.4 Å². The molecule has 0 spiro atoms. The summed E-state index contributed by atoms with van der Waals surface area (Å²) in [4.78, 5) is 23.4. The largest absolute Gasteiger partial charge is 0.389 e. The molecule has 1 aromatic carbocycles. The number of hydrogen-bond donors (Lipinski definition) is 1. The Morgan fingerprint density at radius 3 is 2.46 bits per heavy atom. The number of benzene rings is 1. The molecule has 1 rings (SSSR count). The van der Waals surface area contributed by atoms with E-state index in [1.165, 1.54) is 38.2 Å². The minimum absolute atomic E-state index is 0.356. The second kappa shape index (κ2) is 12.5. The fourth-order valence-corrected chi connectivity index (χ4v) is 2.38. The Kier molecular flexibility index (Phi) is 10.5. The van der Waals surface area contributed by atoms with Crippen molar-refractivity contribution in [2.24, 2.45) is 5.73 Å². The summed E-state index contributed by atoms with van der Waals surface area (Å²) in [7, 11) is 0. The molecule has 1 atom stereocenters. The average Bonchev–Trinajstić information content (AvgIpc) is 2.58. The number of allylic oxidation sites excluding steroid dienone is 1.